The van der Waals surface area contributed by atoms with Crippen molar-refractivity contribution < 1.29 is 9.35 Å². The van der Waals surface area contributed by atoms with E-state index in [4.69, 9.17) is 12.2 Å². The second-order valence-corrected chi connectivity index (χ2v) is 13.1. The smallest absolute Gasteiger partial charge is 0.255 e. The lowest BCUT2D eigenvalue weighted by Gasteiger charge is -2.23. The Kier molecular flexibility index (Phi) is 9.60. The number of thiazole rings is 1. The Balaban J connectivity index is 1.59. The first-order valence-corrected chi connectivity index (χ1v) is 15.2. The van der Waals surface area contributed by atoms with Crippen molar-refractivity contribution in [3.8, 4) is 21.0 Å². The van der Waals surface area contributed by atoms with Gasteiger partial charge in [-0.25, -0.2) is 4.98 Å². The van der Waals surface area contributed by atoms with Gasteiger partial charge < -0.3 is 20.5 Å². The summed E-state index contributed by atoms with van der Waals surface area (Å²) in [5.41, 5.74) is 3.37. The zero-order chi connectivity index (χ0) is 28.9. The van der Waals surface area contributed by atoms with Crippen molar-refractivity contribution in [2.45, 2.75) is 51.1 Å². The molecule has 7 nitrogen and oxygen atoms in total. The van der Waals surface area contributed by atoms with Crippen LogP contribution in [0, 0.1) is 0 Å². The lowest BCUT2D eigenvalue weighted by atomic mass is 10.1. The first kappa shape index (κ1) is 29.7. The summed E-state index contributed by atoms with van der Waals surface area (Å²) in [6.45, 7) is 9.94. The molecular weight excluding hydrogens is 559 g/mol. The number of amides is 1. The Hall–Kier alpha value is -3.28. The summed E-state index contributed by atoms with van der Waals surface area (Å²) in [6, 6.07) is 22.6. The lowest BCUT2D eigenvalue weighted by molar-refractivity contribution is 0.102. The SMILES string of the molecule is CC(C)NC(=S)Nc1ccc(-c2ncc(-c3ccc(NC(=O)c4ccccc4)cc3[S+]([O-])NC(C)(C)C)s2)cc1. The molecule has 0 fully saturated rings. The van der Waals surface area contributed by atoms with Crippen molar-refractivity contribution in [1.29, 1.82) is 0 Å². The second-order valence-electron chi connectivity index (χ2n) is 10.5. The standard InChI is InChI=1S/C30H33N5O2S3/c1-19(2)32-29(38)34-22-13-11-21(12-14-22)28-31-18-25(39-28)24-16-15-23(17-26(24)40(37)35-30(3,4)5)33-27(36)20-9-7-6-8-10-20/h6-19,35H,1-5H3,(H,33,36)(H2,32,34,38). The van der Waals surface area contributed by atoms with Crippen LogP contribution in [0.4, 0.5) is 11.4 Å². The maximum atomic E-state index is 13.5. The monoisotopic (exact) mass is 591 g/mol. The number of thiocarbonyl (C=S) groups is 1. The Morgan fingerprint density at radius 2 is 1.65 bits per heavy atom. The molecule has 0 saturated carbocycles. The Morgan fingerprint density at radius 1 is 0.975 bits per heavy atom. The van der Waals surface area contributed by atoms with E-state index in [1.807, 2.05) is 89.2 Å². The number of carbonyl (C=O) groups is 1. The minimum atomic E-state index is -1.53. The summed E-state index contributed by atoms with van der Waals surface area (Å²) in [4.78, 5) is 18.8. The predicted molar refractivity (Wildman–Crippen MR) is 171 cm³/mol. The molecule has 0 aliphatic heterocycles. The first-order chi connectivity index (χ1) is 19.0. The number of nitrogens with one attached hydrogen (secondary N) is 4. The first-order valence-electron chi connectivity index (χ1n) is 12.8. The highest BCUT2D eigenvalue weighted by Crippen LogP contribution is 2.37. The van der Waals surface area contributed by atoms with Gasteiger partial charge in [0.25, 0.3) is 5.91 Å². The van der Waals surface area contributed by atoms with E-state index in [0.717, 1.165) is 26.7 Å². The van der Waals surface area contributed by atoms with E-state index in [1.165, 1.54) is 11.3 Å². The van der Waals surface area contributed by atoms with Gasteiger partial charge in [0, 0.05) is 40.8 Å². The summed E-state index contributed by atoms with van der Waals surface area (Å²) in [5, 5.41) is 10.7. The number of carbonyl (C=O) groups excluding carboxylic acids is 1. The summed E-state index contributed by atoms with van der Waals surface area (Å²) in [7, 11) is 0. The molecule has 10 heteroatoms. The number of hydrogen-bond acceptors (Lipinski definition) is 6. The maximum Gasteiger partial charge on any atom is 0.255 e. The molecule has 0 saturated heterocycles. The van der Waals surface area contributed by atoms with Crippen LogP contribution >= 0.6 is 23.6 Å². The Morgan fingerprint density at radius 3 is 2.30 bits per heavy atom. The third-order valence-corrected chi connectivity index (χ3v) is 8.29. The topological polar surface area (TPSA) is 101 Å². The van der Waals surface area contributed by atoms with Gasteiger partial charge in [-0.05, 0) is 95.4 Å². The molecule has 1 heterocycles. The van der Waals surface area contributed by atoms with Gasteiger partial charge in [-0.3, -0.25) is 4.79 Å². The van der Waals surface area contributed by atoms with E-state index in [0.29, 0.717) is 21.3 Å². The summed E-state index contributed by atoms with van der Waals surface area (Å²) < 4.78 is 16.6. The van der Waals surface area contributed by atoms with Crippen LogP contribution in [-0.2, 0) is 11.4 Å². The van der Waals surface area contributed by atoms with E-state index in [1.54, 1.807) is 24.4 Å². The highest BCUT2D eigenvalue weighted by molar-refractivity contribution is 7.89. The Labute approximate surface area is 248 Å². The molecule has 1 aromatic heterocycles. The van der Waals surface area contributed by atoms with Gasteiger partial charge in [0.2, 0.25) is 0 Å². The Bertz CT molecular complexity index is 1460. The van der Waals surface area contributed by atoms with E-state index < -0.39 is 11.4 Å². The van der Waals surface area contributed by atoms with Crippen LogP contribution in [0.25, 0.3) is 21.0 Å². The molecule has 40 heavy (non-hydrogen) atoms. The van der Waals surface area contributed by atoms with Crippen LogP contribution in [0.5, 0.6) is 0 Å². The number of anilines is 2. The van der Waals surface area contributed by atoms with E-state index >= 15 is 0 Å². The fourth-order valence-corrected chi connectivity index (χ4v) is 6.40. The third kappa shape index (κ3) is 8.12. The average Bonchev–Trinajstić information content (AvgIpc) is 3.38. The molecular formula is C30H33N5O2S3. The largest absolute Gasteiger partial charge is 0.593 e. The van der Waals surface area contributed by atoms with Crippen molar-refractivity contribution in [2.24, 2.45) is 0 Å². The third-order valence-electron chi connectivity index (χ3n) is 5.45. The van der Waals surface area contributed by atoms with E-state index in [2.05, 4.69) is 25.7 Å². The van der Waals surface area contributed by atoms with Gasteiger partial charge in [0.05, 0.1) is 27.3 Å². The number of rotatable bonds is 8. The van der Waals surface area contributed by atoms with Crippen molar-refractivity contribution in [2.75, 3.05) is 10.6 Å². The quantitative estimate of drug-likeness (QED) is 0.132. The number of nitrogens with zero attached hydrogens (tertiary/aromatic N) is 1. The molecule has 1 atom stereocenters. The predicted octanol–water partition coefficient (Wildman–Crippen LogP) is 6.83. The van der Waals surface area contributed by atoms with Gasteiger partial charge in [-0.2, -0.15) is 0 Å². The average molecular weight is 592 g/mol. The van der Waals surface area contributed by atoms with Gasteiger partial charge >= 0.3 is 0 Å². The molecule has 1 amide bonds. The zero-order valence-corrected chi connectivity index (χ0v) is 25.5. The van der Waals surface area contributed by atoms with Crippen molar-refractivity contribution in [3.63, 3.8) is 0 Å². The highest BCUT2D eigenvalue weighted by Gasteiger charge is 2.26. The van der Waals surface area contributed by atoms with E-state index in [-0.39, 0.29) is 17.5 Å². The number of hydrogen-bond donors (Lipinski definition) is 4. The van der Waals surface area contributed by atoms with E-state index in [9.17, 15) is 9.35 Å². The van der Waals surface area contributed by atoms with Crippen LogP contribution in [0.3, 0.4) is 0 Å². The molecule has 0 spiro atoms. The van der Waals surface area contributed by atoms with Crippen LogP contribution in [-0.4, -0.2) is 32.1 Å². The van der Waals surface area contributed by atoms with Crippen molar-refractivity contribution >= 4 is 57.3 Å². The molecule has 0 aliphatic rings. The number of aromatic nitrogens is 1. The summed E-state index contributed by atoms with van der Waals surface area (Å²) >= 11 is 5.32. The maximum absolute atomic E-state index is 13.5. The fraction of sp³-hybridized carbons (Fsp3) is 0.233. The van der Waals surface area contributed by atoms with Crippen LogP contribution in [0.2, 0.25) is 0 Å². The molecule has 208 valence electrons. The van der Waals surface area contributed by atoms with Gasteiger partial charge in [-0.1, -0.05) is 18.2 Å². The zero-order valence-electron chi connectivity index (χ0n) is 23.1. The molecule has 1 unspecified atom stereocenters. The molecule has 0 bridgehead atoms. The number of benzene rings is 3. The van der Waals surface area contributed by atoms with Crippen LogP contribution < -0.4 is 20.7 Å². The van der Waals surface area contributed by atoms with Crippen LogP contribution in [0.1, 0.15) is 45.0 Å². The lowest BCUT2D eigenvalue weighted by Crippen LogP contribution is -2.40. The highest BCUT2D eigenvalue weighted by atomic mass is 32.2. The minimum absolute atomic E-state index is 0.229. The molecule has 0 aliphatic carbocycles. The molecule has 4 rings (SSSR count). The van der Waals surface area contributed by atoms with Gasteiger partial charge in [0.15, 0.2) is 10.0 Å². The minimum Gasteiger partial charge on any atom is -0.593 e. The van der Waals surface area contributed by atoms with Gasteiger partial charge in [0.1, 0.15) is 5.01 Å². The second kappa shape index (κ2) is 12.9. The van der Waals surface area contributed by atoms with Crippen molar-refractivity contribution in [1.82, 2.24) is 15.0 Å². The summed E-state index contributed by atoms with van der Waals surface area (Å²) in [5.74, 6) is -0.229. The molecule has 3 aromatic carbocycles. The fourth-order valence-electron chi connectivity index (χ4n) is 3.74. The normalized spacial score (nSPS) is 12.2. The van der Waals surface area contributed by atoms with Crippen molar-refractivity contribution in [3.05, 3.63) is 84.6 Å². The van der Waals surface area contributed by atoms with Crippen LogP contribution in [0.15, 0.2) is 83.9 Å². The summed E-state index contributed by atoms with van der Waals surface area (Å²) in [6.07, 6.45) is 1.79. The van der Waals surface area contributed by atoms with Gasteiger partial charge in [-0.15, -0.1) is 16.1 Å². The molecule has 4 N–H and O–H groups in total. The molecule has 4 aromatic rings. The molecule has 0 radical (unpaired) electrons.